The van der Waals surface area contributed by atoms with E-state index in [0.29, 0.717) is 38.7 Å². The van der Waals surface area contributed by atoms with Crippen molar-refractivity contribution in [2.24, 2.45) is 5.92 Å². The standard InChI is InChI=1S/C17H34O6Si/c1-8-20-24(21-9-2,22-10-3)13-11-12-15(14(4)18)16(19)23-17(5,6)7/h15H,8-13H2,1-7H3. The van der Waals surface area contributed by atoms with Crippen LogP contribution in [0, 0.1) is 5.92 Å². The molecule has 0 N–H and O–H groups in total. The number of ketones is 1. The molecule has 0 heterocycles. The maximum absolute atomic E-state index is 12.2. The summed E-state index contributed by atoms with van der Waals surface area (Å²) in [5.74, 6) is -1.40. The maximum atomic E-state index is 12.2. The van der Waals surface area contributed by atoms with Crippen molar-refractivity contribution in [3.05, 3.63) is 0 Å². The third-order valence-electron chi connectivity index (χ3n) is 3.25. The second-order valence-corrected chi connectivity index (χ2v) is 9.30. The smallest absolute Gasteiger partial charge is 0.459 e. The van der Waals surface area contributed by atoms with Gasteiger partial charge >= 0.3 is 14.8 Å². The zero-order valence-electron chi connectivity index (χ0n) is 16.3. The molecule has 0 aromatic heterocycles. The Bertz CT molecular complexity index is 374. The Morgan fingerprint density at radius 2 is 1.42 bits per heavy atom. The normalized spacial score (nSPS) is 13.6. The highest BCUT2D eigenvalue weighted by atomic mass is 28.4. The molecule has 0 aliphatic rings. The van der Waals surface area contributed by atoms with E-state index < -0.39 is 26.3 Å². The van der Waals surface area contributed by atoms with E-state index in [9.17, 15) is 9.59 Å². The molecule has 0 aliphatic heterocycles. The van der Waals surface area contributed by atoms with Crippen LogP contribution in [0.1, 0.15) is 61.3 Å². The number of rotatable bonds is 12. The lowest BCUT2D eigenvalue weighted by molar-refractivity contribution is -0.162. The summed E-state index contributed by atoms with van der Waals surface area (Å²) in [5, 5.41) is 0. The molecule has 0 rings (SSSR count). The highest BCUT2D eigenvalue weighted by molar-refractivity contribution is 6.60. The minimum atomic E-state index is -2.74. The van der Waals surface area contributed by atoms with Crippen LogP contribution in [-0.2, 0) is 27.6 Å². The Morgan fingerprint density at radius 3 is 1.75 bits per heavy atom. The van der Waals surface area contributed by atoms with E-state index in [4.69, 9.17) is 18.0 Å². The topological polar surface area (TPSA) is 71.1 Å². The summed E-state index contributed by atoms with van der Waals surface area (Å²) >= 11 is 0. The first-order chi connectivity index (χ1) is 11.1. The molecule has 0 radical (unpaired) electrons. The van der Waals surface area contributed by atoms with E-state index >= 15 is 0 Å². The largest absolute Gasteiger partial charge is 0.500 e. The summed E-state index contributed by atoms with van der Waals surface area (Å²) in [4.78, 5) is 24.0. The molecule has 0 spiro atoms. The van der Waals surface area contributed by atoms with Crippen molar-refractivity contribution in [1.82, 2.24) is 0 Å². The number of hydrogen-bond acceptors (Lipinski definition) is 6. The van der Waals surface area contributed by atoms with Gasteiger partial charge in [-0.05, 0) is 61.3 Å². The first-order valence-electron chi connectivity index (χ1n) is 8.76. The summed E-state index contributed by atoms with van der Waals surface area (Å²) < 4.78 is 22.7. The van der Waals surface area contributed by atoms with Gasteiger partial charge in [0.25, 0.3) is 0 Å². The van der Waals surface area contributed by atoms with Gasteiger partial charge in [-0.3, -0.25) is 9.59 Å². The lowest BCUT2D eigenvalue weighted by Gasteiger charge is -2.29. The quantitative estimate of drug-likeness (QED) is 0.301. The summed E-state index contributed by atoms with van der Waals surface area (Å²) in [6, 6.07) is 0.578. The summed E-state index contributed by atoms with van der Waals surface area (Å²) in [6.07, 6.45) is 1.02. The second kappa shape index (κ2) is 11.0. The number of hydrogen-bond donors (Lipinski definition) is 0. The van der Waals surface area contributed by atoms with Crippen LogP contribution in [0.25, 0.3) is 0 Å². The fourth-order valence-corrected chi connectivity index (χ4v) is 5.02. The van der Waals surface area contributed by atoms with Gasteiger partial charge < -0.3 is 18.0 Å². The van der Waals surface area contributed by atoms with Crippen molar-refractivity contribution in [3.63, 3.8) is 0 Å². The maximum Gasteiger partial charge on any atom is 0.500 e. The molecule has 0 saturated heterocycles. The molecule has 0 aliphatic carbocycles. The molecule has 1 unspecified atom stereocenters. The zero-order valence-corrected chi connectivity index (χ0v) is 17.3. The van der Waals surface area contributed by atoms with E-state index in [-0.39, 0.29) is 5.78 Å². The Morgan fingerprint density at radius 1 is 0.958 bits per heavy atom. The monoisotopic (exact) mass is 362 g/mol. The average Bonchev–Trinajstić information content (AvgIpc) is 2.42. The third kappa shape index (κ3) is 8.91. The Hall–Kier alpha value is -0.763. The van der Waals surface area contributed by atoms with Crippen molar-refractivity contribution < 1.29 is 27.6 Å². The van der Waals surface area contributed by atoms with Gasteiger partial charge in [-0.25, -0.2) is 0 Å². The van der Waals surface area contributed by atoms with Gasteiger partial charge in [0, 0.05) is 25.9 Å². The van der Waals surface area contributed by atoms with Crippen molar-refractivity contribution in [3.8, 4) is 0 Å². The van der Waals surface area contributed by atoms with Crippen LogP contribution in [0.2, 0.25) is 6.04 Å². The van der Waals surface area contributed by atoms with E-state index in [2.05, 4.69) is 0 Å². The van der Waals surface area contributed by atoms with Crippen molar-refractivity contribution in [1.29, 1.82) is 0 Å². The van der Waals surface area contributed by atoms with Gasteiger partial charge in [-0.15, -0.1) is 0 Å². The van der Waals surface area contributed by atoms with Crippen molar-refractivity contribution in [2.45, 2.75) is 73.0 Å². The molecule has 1 atom stereocenters. The summed E-state index contributed by atoms with van der Waals surface area (Å²) in [7, 11) is -2.74. The van der Waals surface area contributed by atoms with Gasteiger partial charge in [0.15, 0.2) is 0 Å². The third-order valence-corrected chi connectivity index (χ3v) is 6.40. The second-order valence-electron chi connectivity index (χ2n) is 6.57. The molecule has 24 heavy (non-hydrogen) atoms. The molecule has 7 heteroatoms. The van der Waals surface area contributed by atoms with Crippen LogP contribution in [-0.4, -0.2) is 46.0 Å². The van der Waals surface area contributed by atoms with Gasteiger partial charge in [0.05, 0.1) is 0 Å². The van der Waals surface area contributed by atoms with Gasteiger partial charge in [0.1, 0.15) is 17.3 Å². The van der Waals surface area contributed by atoms with Crippen LogP contribution in [0.15, 0.2) is 0 Å². The molecule has 6 nitrogen and oxygen atoms in total. The van der Waals surface area contributed by atoms with Gasteiger partial charge in [-0.2, -0.15) is 0 Å². The molecular formula is C17H34O6Si. The highest BCUT2D eigenvalue weighted by Gasteiger charge is 2.40. The lowest BCUT2D eigenvalue weighted by Crippen LogP contribution is -2.46. The predicted molar refractivity (Wildman–Crippen MR) is 94.7 cm³/mol. The van der Waals surface area contributed by atoms with Gasteiger partial charge in [-0.1, -0.05) is 0 Å². The van der Waals surface area contributed by atoms with Crippen LogP contribution in [0.3, 0.4) is 0 Å². The lowest BCUT2D eigenvalue weighted by atomic mass is 9.99. The molecule has 0 fully saturated rings. The van der Waals surface area contributed by atoms with Gasteiger partial charge in [0.2, 0.25) is 0 Å². The first-order valence-corrected chi connectivity index (χ1v) is 10.7. The Balaban J connectivity index is 4.83. The molecule has 0 aromatic rings. The number of carbonyl (C=O) groups is 2. The average molecular weight is 363 g/mol. The SMILES string of the molecule is CCO[Si](CCCC(C(C)=O)C(=O)OC(C)(C)C)(OCC)OCC. The molecule has 0 bridgehead atoms. The number of Topliss-reactive ketones (excluding diaryl/α,β-unsaturated/α-hetero) is 1. The molecule has 142 valence electrons. The zero-order chi connectivity index (χ0) is 18.8. The molecule has 0 saturated carbocycles. The van der Waals surface area contributed by atoms with E-state index in [1.807, 2.05) is 20.8 Å². The molecular weight excluding hydrogens is 328 g/mol. The van der Waals surface area contributed by atoms with E-state index in [0.717, 1.165) is 0 Å². The predicted octanol–water partition coefficient (Wildman–Crippen LogP) is 3.36. The minimum Gasteiger partial charge on any atom is -0.459 e. The summed E-state index contributed by atoms with van der Waals surface area (Å²) in [6.45, 7) is 14.0. The van der Waals surface area contributed by atoms with Crippen LogP contribution in [0.5, 0.6) is 0 Å². The number of ether oxygens (including phenoxy) is 1. The fraction of sp³-hybridized carbons (Fsp3) is 0.882. The van der Waals surface area contributed by atoms with Crippen LogP contribution >= 0.6 is 0 Å². The Labute approximate surface area is 147 Å². The van der Waals surface area contributed by atoms with Crippen molar-refractivity contribution >= 4 is 20.6 Å². The van der Waals surface area contributed by atoms with Crippen LogP contribution in [0.4, 0.5) is 0 Å². The van der Waals surface area contributed by atoms with E-state index in [1.54, 1.807) is 20.8 Å². The first kappa shape index (κ1) is 23.2. The molecule has 0 aromatic carbocycles. The summed E-state index contributed by atoms with van der Waals surface area (Å²) in [5.41, 5.74) is -0.606. The number of carbonyl (C=O) groups excluding carboxylic acids is 2. The number of esters is 1. The molecule has 0 amide bonds. The fourth-order valence-electron chi connectivity index (χ4n) is 2.38. The van der Waals surface area contributed by atoms with Crippen LogP contribution < -0.4 is 0 Å². The minimum absolute atomic E-state index is 0.180. The van der Waals surface area contributed by atoms with E-state index in [1.165, 1.54) is 6.92 Å². The highest BCUT2D eigenvalue weighted by Crippen LogP contribution is 2.23. The Kier molecular flexibility index (Phi) is 10.6. The van der Waals surface area contributed by atoms with Crippen molar-refractivity contribution in [2.75, 3.05) is 19.8 Å².